The highest BCUT2D eigenvalue weighted by Crippen LogP contribution is 2.34. The monoisotopic (exact) mass is 371 g/mol. The molecule has 6 heteroatoms. The molecule has 4 aromatic rings. The maximum atomic E-state index is 12.7. The molecule has 0 atom stereocenters. The van der Waals surface area contributed by atoms with E-state index in [1.807, 2.05) is 48.8 Å². The third kappa shape index (κ3) is 2.91. The lowest BCUT2D eigenvalue weighted by Gasteiger charge is -2.08. The molecule has 4 rings (SSSR count). The molecule has 2 aromatic carbocycles. The minimum Gasteiger partial charge on any atom is -0.422 e. The third-order valence-electron chi connectivity index (χ3n) is 4.76. The highest BCUT2D eigenvalue weighted by Gasteiger charge is 2.29. The number of halogens is 3. The van der Waals surface area contributed by atoms with Gasteiger partial charge in [-0.25, -0.2) is 4.79 Å². The fourth-order valence-corrected chi connectivity index (χ4v) is 3.47. The summed E-state index contributed by atoms with van der Waals surface area (Å²) >= 11 is 0. The molecule has 2 heterocycles. The minimum absolute atomic E-state index is 0.270. The lowest BCUT2D eigenvalue weighted by atomic mass is 10.1. The molecule has 0 fully saturated rings. The van der Waals surface area contributed by atoms with E-state index in [-0.39, 0.29) is 11.1 Å². The van der Waals surface area contributed by atoms with Gasteiger partial charge in [-0.05, 0) is 32.0 Å². The van der Waals surface area contributed by atoms with E-state index in [0.29, 0.717) is 5.39 Å². The molecule has 0 unspecified atom stereocenters. The van der Waals surface area contributed by atoms with Crippen LogP contribution in [0, 0.1) is 0 Å². The van der Waals surface area contributed by atoms with Crippen LogP contribution in [0.1, 0.15) is 19.4 Å². The number of fused-ring (bicyclic) bond motifs is 4. The molecule has 2 aromatic heterocycles. The van der Waals surface area contributed by atoms with Gasteiger partial charge >= 0.3 is 11.8 Å². The first-order valence-electron chi connectivity index (χ1n) is 8.48. The van der Waals surface area contributed by atoms with Crippen molar-refractivity contribution in [3.05, 3.63) is 64.5 Å². The predicted molar refractivity (Wildman–Crippen MR) is 101 cm³/mol. The average molecular weight is 371 g/mol. The standard InChI is InChI=1S/C21H16F3NO2/c1-3-12(2)25-17-7-5-4-6-15(17)16-9-13-8-14(11-21(22,23)24)20(26)27-19(13)10-18(16)25/h3-10H,11H2,1-2H3/b12-3+. The van der Waals surface area contributed by atoms with Crippen LogP contribution in [0.3, 0.4) is 0 Å². The van der Waals surface area contributed by atoms with Crippen molar-refractivity contribution in [3.63, 3.8) is 0 Å². The molecule has 0 spiro atoms. The molecule has 0 bridgehead atoms. The molecule has 0 saturated heterocycles. The Bertz CT molecular complexity index is 1280. The lowest BCUT2D eigenvalue weighted by Crippen LogP contribution is -2.18. The number of hydrogen-bond acceptors (Lipinski definition) is 2. The Morgan fingerprint density at radius 1 is 1.11 bits per heavy atom. The second kappa shape index (κ2) is 6.01. The van der Waals surface area contributed by atoms with Crippen LogP contribution in [0.25, 0.3) is 38.5 Å². The zero-order valence-corrected chi connectivity index (χ0v) is 14.7. The maximum absolute atomic E-state index is 12.7. The molecule has 0 radical (unpaired) electrons. The van der Waals surface area contributed by atoms with Gasteiger partial charge in [0, 0.05) is 33.5 Å². The largest absolute Gasteiger partial charge is 0.422 e. The Balaban J connectivity index is 2.09. The molecule has 138 valence electrons. The van der Waals surface area contributed by atoms with E-state index in [9.17, 15) is 18.0 Å². The van der Waals surface area contributed by atoms with Gasteiger partial charge in [-0.15, -0.1) is 0 Å². The fraction of sp³-hybridized carbons (Fsp3) is 0.190. The number of aromatic nitrogens is 1. The minimum atomic E-state index is -4.47. The normalized spacial score (nSPS) is 13.1. The fourth-order valence-electron chi connectivity index (χ4n) is 3.47. The second-order valence-corrected chi connectivity index (χ2v) is 6.54. The zero-order chi connectivity index (χ0) is 19.3. The van der Waals surface area contributed by atoms with Gasteiger partial charge in [0.15, 0.2) is 0 Å². The highest BCUT2D eigenvalue weighted by molar-refractivity contribution is 6.13. The van der Waals surface area contributed by atoms with Crippen LogP contribution < -0.4 is 5.63 Å². The molecular weight excluding hydrogens is 355 g/mol. The molecule has 0 amide bonds. The van der Waals surface area contributed by atoms with Crippen molar-refractivity contribution in [2.24, 2.45) is 0 Å². The van der Waals surface area contributed by atoms with E-state index in [1.54, 1.807) is 12.1 Å². The number of alkyl halides is 3. The SMILES string of the molecule is C/C=C(\C)n1c2ccccc2c2cc3cc(CC(F)(F)F)c(=O)oc3cc21. The quantitative estimate of drug-likeness (QED) is 0.412. The summed E-state index contributed by atoms with van der Waals surface area (Å²) in [5.74, 6) is 0. The Kier molecular flexibility index (Phi) is 3.87. The number of rotatable bonds is 2. The number of allylic oxidation sites excluding steroid dienone is 2. The summed E-state index contributed by atoms with van der Waals surface area (Å²) in [7, 11) is 0. The number of benzene rings is 2. The van der Waals surface area contributed by atoms with Crippen molar-refractivity contribution < 1.29 is 17.6 Å². The van der Waals surface area contributed by atoms with Gasteiger partial charge in [0.2, 0.25) is 0 Å². The zero-order valence-electron chi connectivity index (χ0n) is 14.7. The van der Waals surface area contributed by atoms with E-state index >= 15 is 0 Å². The summed E-state index contributed by atoms with van der Waals surface area (Å²) in [6.45, 7) is 3.90. The van der Waals surface area contributed by atoms with Gasteiger partial charge < -0.3 is 8.98 Å². The first-order chi connectivity index (χ1) is 12.8. The smallest absolute Gasteiger partial charge is 0.393 e. The van der Waals surface area contributed by atoms with E-state index in [4.69, 9.17) is 4.42 Å². The van der Waals surface area contributed by atoms with E-state index in [0.717, 1.165) is 27.5 Å². The molecule has 27 heavy (non-hydrogen) atoms. The lowest BCUT2D eigenvalue weighted by molar-refractivity contribution is -0.127. The van der Waals surface area contributed by atoms with E-state index in [1.165, 1.54) is 6.07 Å². The van der Waals surface area contributed by atoms with Crippen molar-refractivity contribution in [2.75, 3.05) is 0 Å². The third-order valence-corrected chi connectivity index (χ3v) is 4.76. The van der Waals surface area contributed by atoms with Crippen molar-refractivity contribution in [2.45, 2.75) is 26.4 Å². The van der Waals surface area contributed by atoms with E-state index < -0.39 is 18.2 Å². The first-order valence-corrected chi connectivity index (χ1v) is 8.48. The number of para-hydroxylation sites is 1. The van der Waals surface area contributed by atoms with Gasteiger partial charge in [-0.1, -0.05) is 24.3 Å². The van der Waals surface area contributed by atoms with Crippen LogP contribution in [0.15, 0.2) is 57.8 Å². The molecule has 0 aliphatic heterocycles. The molecular formula is C21H16F3NO2. The summed E-state index contributed by atoms with van der Waals surface area (Å²) < 4.78 is 45.4. The van der Waals surface area contributed by atoms with Crippen molar-refractivity contribution in [1.29, 1.82) is 0 Å². The van der Waals surface area contributed by atoms with Gasteiger partial charge in [-0.3, -0.25) is 0 Å². The van der Waals surface area contributed by atoms with Crippen LogP contribution in [-0.4, -0.2) is 10.7 Å². The summed E-state index contributed by atoms with van der Waals surface area (Å²) in [6.07, 6.45) is -3.80. The summed E-state index contributed by atoms with van der Waals surface area (Å²) in [6, 6.07) is 12.6. The number of nitrogens with zero attached hydrogens (tertiary/aromatic N) is 1. The van der Waals surface area contributed by atoms with Crippen LogP contribution >= 0.6 is 0 Å². The molecule has 0 saturated carbocycles. The topological polar surface area (TPSA) is 35.1 Å². The Hall–Kier alpha value is -3.02. The molecule has 0 aliphatic rings. The highest BCUT2D eigenvalue weighted by atomic mass is 19.4. The van der Waals surface area contributed by atoms with Crippen LogP contribution in [-0.2, 0) is 6.42 Å². The molecule has 3 nitrogen and oxygen atoms in total. The van der Waals surface area contributed by atoms with Crippen molar-refractivity contribution >= 4 is 38.5 Å². The second-order valence-electron chi connectivity index (χ2n) is 6.54. The molecule has 0 aliphatic carbocycles. The van der Waals surface area contributed by atoms with Crippen molar-refractivity contribution in [3.8, 4) is 0 Å². The van der Waals surface area contributed by atoms with Gasteiger partial charge in [0.1, 0.15) is 5.58 Å². The van der Waals surface area contributed by atoms with Crippen LogP contribution in [0.5, 0.6) is 0 Å². The number of hydrogen-bond donors (Lipinski definition) is 0. The van der Waals surface area contributed by atoms with Crippen molar-refractivity contribution in [1.82, 2.24) is 4.57 Å². The van der Waals surface area contributed by atoms with E-state index in [2.05, 4.69) is 0 Å². The summed E-state index contributed by atoms with van der Waals surface area (Å²) in [4.78, 5) is 12.0. The summed E-state index contributed by atoms with van der Waals surface area (Å²) in [5.41, 5.74) is 1.75. The maximum Gasteiger partial charge on any atom is 0.393 e. The Labute approximate surface area is 152 Å². The Morgan fingerprint density at radius 2 is 1.85 bits per heavy atom. The first kappa shape index (κ1) is 17.4. The Morgan fingerprint density at radius 3 is 2.56 bits per heavy atom. The van der Waals surface area contributed by atoms with Crippen LogP contribution in [0.2, 0.25) is 0 Å². The van der Waals surface area contributed by atoms with Gasteiger partial charge in [-0.2, -0.15) is 13.2 Å². The average Bonchev–Trinajstić information content (AvgIpc) is 2.92. The predicted octanol–water partition coefficient (Wildman–Crippen LogP) is 5.89. The summed E-state index contributed by atoms with van der Waals surface area (Å²) in [5, 5.41) is 2.35. The van der Waals surface area contributed by atoms with Gasteiger partial charge in [0.05, 0.1) is 17.5 Å². The van der Waals surface area contributed by atoms with Gasteiger partial charge in [0.25, 0.3) is 0 Å². The van der Waals surface area contributed by atoms with Crippen LogP contribution in [0.4, 0.5) is 13.2 Å². The molecule has 0 N–H and O–H groups in total.